The van der Waals surface area contributed by atoms with Crippen LogP contribution in [0.2, 0.25) is 0 Å². The van der Waals surface area contributed by atoms with Crippen LogP contribution in [-0.4, -0.2) is 52.6 Å². The lowest BCUT2D eigenvalue weighted by Gasteiger charge is -2.38. The fourth-order valence-corrected chi connectivity index (χ4v) is 9.44. The highest BCUT2D eigenvalue weighted by Gasteiger charge is 2.53. The van der Waals surface area contributed by atoms with Crippen LogP contribution in [0.5, 0.6) is 0 Å². The Labute approximate surface area is 229 Å². The average molecular weight is 576 g/mol. The number of rotatable bonds is 6. The summed E-state index contributed by atoms with van der Waals surface area (Å²) in [6.45, 7) is 2.39. The standard InChI is InChI=1S/C27H33N3O5S3/c1-25(17-36-18-25)29-38(34,35)21-5-3-4-19(14-21)24(31)30-16-27(12-10-26(8-9-26)11-13-27)22-15-20(6-7-23(22)30)28-37(2,32)33/h3-7,14-15,28-29H,8-13,16-18H2,1-2H3. The molecule has 2 heterocycles. The first-order valence-corrected chi connectivity index (χ1v) is 17.5. The quantitative estimate of drug-likeness (QED) is 0.537. The second-order valence-electron chi connectivity index (χ2n) is 12.0. The van der Waals surface area contributed by atoms with E-state index in [1.807, 2.05) is 19.1 Å². The maximum Gasteiger partial charge on any atom is 0.258 e. The zero-order chi connectivity index (χ0) is 27.0. The van der Waals surface area contributed by atoms with Crippen LogP contribution in [0, 0.1) is 5.41 Å². The van der Waals surface area contributed by atoms with Crippen molar-refractivity contribution in [3.63, 3.8) is 0 Å². The molecule has 6 rings (SSSR count). The third kappa shape index (κ3) is 4.76. The summed E-state index contributed by atoms with van der Waals surface area (Å²) in [7, 11) is -7.22. The molecule has 8 nitrogen and oxygen atoms in total. The molecule has 204 valence electrons. The third-order valence-electron chi connectivity index (χ3n) is 8.71. The number of fused-ring (bicyclic) bond motifs is 2. The van der Waals surface area contributed by atoms with E-state index < -0.39 is 25.6 Å². The Morgan fingerprint density at radius 1 is 0.947 bits per heavy atom. The largest absolute Gasteiger partial charge is 0.307 e. The molecular formula is C27H33N3O5S3. The number of nitrogens with one attached hydrogen (secondary N) is 2. The van der Waals surface area contributed by atoms with E-state index in [-0.39, 0.29) is 16.2 Å². The Balaban J connectivity index is 1.33. The van der Waals surface area contributed by atoms with Crippen LogP contribution in [-0.2, 0) is 25.5 Å². The van der Waals surface area contributed by atoms with Gasteiger partial charge in [0.1, 0.15) is 0 Å². The van der Waals surface area contributed by atoms with Gasteiger partial charge in [-0.15, -0.1) is 0 Å². The predicted octanol–water partition coefficient (Wildman–Crippen LogP) is 4.09. The molecule has 2 saturated carbocycles. The molecule has 4 aliphatic rings. The smallest absolute Gasteiger partial charge is 0.258 e. The first-order chi connectivity index (χ1) is 17.8. The Morgan fingerprint density at radius 3 is 2.24 bits per heavy atom. The van der Waals surface area contributed by atoms with Gasteiger partial charge < -0.3 is 4.90 Å². The molecule has 2 N–H and O–H groups in total. The van der Waals surface area contributed by atoms with Crippen LogP contribution >= 0.6 is 11.8 Å². The van der Waals surface area contributed by atoms with Gasteiger partial charge in [-0.1, -0.05) is 6.07 Å². The Kier molecular flexibility index (Phi) is 6.00. The van der Waals surface area contributed by atoms with Crippen LogP contribution in [0.1, 0.15) is 61.4 Å². The highest BCUT2D eigenvalue weighted by molar-refractivity contribution is 8.01. The monoisotopic (exact) mass is 575 g/mol. The van der Waals surface area contributed by atoms with Crippen molar-refractivity contribution in [3.05, 3.63) is 53.6 Å². The molecule has 2 spiro atoms. The number of sulfonamides is 2. The van der Waals surface area contributed by atoms with E-state index in [9.17, 15) is 21.6 Å². The maximum absolute atomic E-state index is 13.9. The molecule has 0 atom stereocenters. The second kappa shape index (κ2) is 8.71. The molecule has 0 bridgehead atoms. The Morgan fingerprint density at radius 2 is 1.63 bits per heavy atom. The molecule has 2 aliphatic heterocycles. The van der Waals surface area contributed by atoms with Gasteiger partial charge in [0.2, 0.25) is 20.0 Å². The molecular weight excluding hydrogens is 543 g/mol. The zero-order valence-corrected chi connectivity index (χ0v) is 24.1. The fourth-order valence-electron chi connectivity index (χ4n) is 6.29. The first-order valence-electron chi connectivity index (χ1n) is 13.0. The maximum atomic E-state index is 13.9. The van der Waals surface area contributed by atoms with Gasteiger partial charge in [0.05, 0.1) is 11.2 Å². The molecule has 2 aliphatic carbocycles. The minimum absolute atomic E-state index is 0.0802. The number of carbonyl (C=O) groups excluding carboxylic acids is 1. The average Bonchev–Trinajstić information content (AvgIpc) is 3.54. The summed E-state index contributed by atoms with van der Waals surface area (Å²) in [5, 5.41) is 0. The van der Waals surface area contributed by atoms with Gasteiger partial charge in [0, 0.05) is 45.9 Å². The molecule has 1 saturated heterocycles. The van der Waals surface area contributed by atoms with Gasteiger partial charge >= 0.3 is 0 Å². The molecule has 0 aromatic heterocycles. The van der Waals surface area contributed by atoms with Gasteiger partial charge in [0.15, 0.2) is 0 Å². The highest BCUT2D eigenvalue weighted by Crippen LogP contribution is 2.62. The van der Waals surface area contributed by atoms with E-state index in [2.05, 4.69) is 9.44 Å². The minimum Gasteiger partial charge on any atom is -0.307 e. The van der Waals surface area contributed by atoms with Crippen molar-refractivity contribution in [3.8, 4) is 0 Å². The number of carbonyl (C=O) groups is 1. The van der Waals surface area contributed by atoms with Crippen molar-refractivity contribution in [2.75, 3.05) is 33.9 Å². The van der Waals surface area contributed by atoms with Crippen molar-refractivity contribution in [1.82, 2.24) is 4.72 Å². The summed E-state index contributed by atoms with van der Waals surface area (Å²) in [6.07, 6.45) is 7.76. The summed E-state index contributed by atoms with van der Waals surface area (Å²) in [4.78, 5) is 15.8. The lowest BCUT2D eigenvalue weighted by atomic mass is 9.66. The van der Waals surface area contributed by atoms with Gasteiger partial charge in [-0.3, -0.25) is 9.52 Å². The number of thioether (sulfide) groups is 1. The highest BCUT2D eigenvalue weighted by atomic mass is 32.2. The lowest BCUT2D eigenvalue weighted by Crippen LogP contribution is -2.55. The molecule has 1 amide bonds. The topological polar surface area (TPSA) is 113 Å². The fraction of sp³-hybridized carbons (Fsp3) is 0.519. The van der Waals surface area contributed by atoms with E-state index in [0.717, 1.165) is 54.7 Å². The van der Waals surface area contributed by atoms with Crippen molar-refractivity contribution in [1.29, 1.82) is 0 Å². The first kappa shape index (κ1) is 26.2. The molecule has 0 radical (unpaired) electrons. The summed E-state index contributed by atoms with van der Waals surface area (Å²) in [5.41, 5.74) is 2.32. The number of hydrogen-bond donors (Lipinski definition) is 2. The number of nitrogens with zero attached hydrogens (tertiary/aromatic N) is 1. The minimum atomic E-state index is -3.77. The van der Waals surface area contributed by atoms with Crippen molar-refractivity contribution >= 4 is 49.1 Å². The van der Waals surface area contributed by atoms with Crippen LogP contribution in [0.25, 0.3) is 0 Å². The van der Waals surface area contributed by atoms with Crippen LogP contribution in [0.15, 0.2) is 47.4 Å². The van der Waals surface area contributed by atoms with E-state index in [0.29, 0.717) is 23.2 Å². The molecule has 2 aromatic rings. The van der Waals surface area contributed by atoms with Crippen LogP contribution in [0.3, 0.4) is 0 Å². The number of benzene rings is 2. The van der Waals surface area contributed by atoms with E-state index >= 15 is 0 Å². The van der Waals surface area contributed by atoms with Crippen LogP contribution in [0.4, 0.5) is 11.4 Å². The Bertz CT molecular complexity index is 1520. The van der Waals surface area contributed by atoms with Gasteiger partial charge in [-0.25, -0.2) is 21.6 Å². The van der Waals surface area contributed by atoms with Crippen molar-refractivity contribution in [2.24, 2.45) is 5.41 Å². The SMILES string of the molecule is CC1(NS(=O)(=O)c2cccc(C(=O)N3CC4(CCC5(CC5)CC4)c4cc(NS(C)(=O)=O)ccc43)c2)CSC1. The van der Waals surface area contributed by atoms with Crippen molar-refractivity contribution < 1.29 is 21.6 Å². The van der Waals surface area contributed by atoms with Gasteiger partial charge in [-0.2, -0.15) is 11.8 Å². The molecule has 38 heavy (non-hydrogen) atoms. The summed E-state index contributed by atoms with van der Waals surface area (Å²) < 4.78 is 55.4. The normalized spacial score (nSPS) is 22.6. The number of anilines is 2. The third-order valence-corrected chi connectivity index (χ3v) is 12.6. The summed E-state index contributed by atoms with van der Waals surface area (Å²) >= 11 is 1.69. The lowest BCUT2D eigenvalue weighted by molar-refractivity contribution is 0.0980. The molecule has 2 aromatic carbocycles. The van der Waals surface area contributed by atoms with Gasteiger partial charge in [0.25, 0.3) is 5.91 Å². The van der Waals surface area contributed by atoms with Crippen molar-refractivity contribution in [2.45, 2.75) is 61.3 Å². The molecule has 0 unspecified atom stereocenters. The van der Waals surface area contributed by atoms with Gasteiger partial charge in [-0.05, 0) is 92.8 Å². The van der Waals surface area contributed by atoms with E-state index in [4.69, 9.17) is 0 Å². The Hall–Kier alpha value is -2.08. The van der Waals surface area contributed by atoms with E-state index in [1.165, 1.54) is 25.0 Å². The van der Waals surface area contributed by atoms with E-state index in [1.54, 1.807) is 34.9 Å². The number of amides is 1. The molecule has 11 heteroatoms. The van der Waals surface area contributed by atoms with Crippen LogP contribution < -0.4 is 14.3 Å². The summed E-state index contributed by atoms with van der Waals surface area (Å²) in [6, 6.07) is 11.6. The number of hydrogen-bond acceptors (Lipinski definition) is 6. The predicted molar refractivity (Wildman–Crippen MR) is 151 cm³/mol. The molecule has 3 fully saturated rings. The zero-order valence-electron chi connectivity index (χ0n) is 21.6. The summed E-state index contributed by atoms with van der Waals surface area (Å²) in [5.74, 6) is 1.19. The second-order valence-corrected chi connectivity index (χ2v) is 16.4.